The molecule has 2 heteroatoms. The van der Waals surface area contributed by atoms with Crippen LogP contribution in [-0.2, 0) is 0 Å². The highest BCUT2D eigenvalue weighted by molar-refractivity contribution is 5.78. The standard InChI is InChI=1S/C8H7N2/c1-6-2-3-7-5-9-10-8(7)4-6/h3-5H,1H3,(H,9,10). The van der Waals surface area contributed by atoms with E-state index >= 15 is 0 Å². The van der Waals surface area contributed by atoms with E-state index in [-0.39, 0.29) is 0 Å². The molecule has 0 amide bonds. The molecule has 1 aromatic carbocycles. The highest BCUT2D eigenvalue weighted by atomic mass is 15.1. The number of H-pyrrole nitrogens is 1. The van der Waals surface area contributed by atoms with Gasteiger partial charge in [-0.15, -0.1) is 0 Å². The molecule has 0 bridgehead atoms. The third kappa shape index (κ3) is 0.692. The molecule has 0 aliphatic rings. The van der Waals surface area contributed by atoms with Crippen molar-refractivity contribution in [1.29, 1.82) is 0 Å². The van der Waals surface area contributed by atoms with E-state index in [1.807, 2.05) is 19.1 Å². The quantitative estimate of drug-likeness (QED) is 0.578. The van der Waals surface area contributed by atoms with Gasteiger partial charge in [-0.3, -0.25) is 5.10 Å². The summed E-state index contributed by atoms with van der Waals surface area (Å²) in [6.45, 7) is 2.01. The lowest BCUT2D eigenvalue weighted by Crippen LogP contribution is -1.71. The van der Waals surface area contributed by atoms with Crippen molar-refractivity contribution in [3.8, 4) is 0 Å². The third-order valence-corrected chi connectivity index (χ3v) is 1.52. The van der Waals surface area contributed by atoms with Gasteiger partial charge in [0.05, 0.1) is 11.7 Å². The normalized spacial score (nSPS) is 10.5. The van der Waals surface area contributed by atoms with E-state index in [0.29, 0.717) is 0 Å². The van der Waals surface area contributed by atoms with Crippen molar-refractivity contribution >= 4 is 10.9 Å². The molecule has 0 saturated carbocycles. The van der Waals surface area contributed by atoms with Crippen LogP contribution >= 0.6 is 0 Å². The summed E-state index contributed by atoms with van der Waals surface area (Å²) in [6, 6.07) is 7.07. The van der Waals surface area contributed by atoms with E-state index in [4.69, 9.17) is 0 Å². The average Bonchev–Trinajstić information content (AvgIpc) is 2.33. The Morgan fingerprint density at radius 3 is 3.40 bits per heavy atom. The van der Waals surface area contributed by atoms with Crippen molar-refractivity contribution in [2.45, 2.75) is 6.92 Å². The van der Waals surface area contributed by atoms with E-state index in [1.54, 1.807) is 6.20 Å². The van der Waals surface area contributed by atoms with Crippen LogP contribution in [-0.4, -0.2) is 10.2 Å². The molecule has 0 fully saturated rings. The molecule has 2 nitrogen and oxygen atoms in total. The molecule has 0 saturated heterocycles. The molecule has 0 aliphatic heterocycles. The molecule has 1 radical (unpaired) electrons. The average molecular weight is 131 g/mol. The molecule has 0 aliphatic carbocycles. The topological polar surface area (TPSA) is 28.7 Å². The molecule has 2 rings (SSSR count). The van der Waals surface area contributed by atoms with Gasteiger partial charge in [0.15, 0.2) is 0 Å². The molecule has 2 aromatic rings. The zero-order chi connectivity index (χ0) is 6.97. The molecule has 49 valence electrons. The summed E-state index contributed by atoms with van der Waals surface area (Å²) >= 11 is 0. The van der Waals surface area contributed by atoms with Crippen molar-refractivity contribution in [3.05, 3.63) is 30.0 Å². The van der Waals surface area contributed by atoms with Gasteiger partial charge in [-0.05, 0) is 30.7 Å². The van der Waals surface area contributed by atoms with E-state index in [2.05, 4.69) is 16.3 Å². The molecule has 10 heavy (non-hydrogen) atoms. The highest BCUT2D eigenvalue weighted by Crippen LogP contribution is 2.10. The van der Waals surface area contributed by atoms with Gasteiger partial charge in [-0.1, -0.05) is 0 Å². The maximum absolute atomic E-state index is 3.90. The van der Waals surface area contributed by atoms with Gasteiger partial charge >= 0.3 is 0 Å². The van der Waals surface area contributed by atoms with E-state index in [9.17, 15) is 0 Å². The number of nitrogens with one attached hydrogen (secondary N) is 1. The van der Waals surface area contributed by atoms with Crippen molar-refractivity contribution in [3.63, 3.8) is 0 Å². The minimum absolute atomic E-state index is 1.08. The zero-order valence-corrected chi connectivity index (χ0v) is 5.68. The Hall–Kier alpha value is -1.31. The molecule has 1 N–H and O–H groups in total. The Labute approximate surface area is 58.9 Å². The summed E-state index contributed by atoms with van der Waals surface area (Å²) in [5.41, 5.74) is 2.22. The molecule has 0 atom stereocenters. The maximum atomic E-state index is 3.90. The summed E-state index contributed by atoms with van der Waals surface area (Å²) in [6.07, 6.45) is 1.80. The third-order valence-electron chi connectivity index (χ3n) is 1.52. The second kappa shape index (κ2) is 1.84. The minimum atomic E-state index is 1.08. The van der Waals surface area contributed by atoms with Crippen LogP contribution < -0.4 is 0 Å². The van der Waals surface area contributed by atoms with Gasteiger partial charge < -0.3 is 0 Å². The Balaban J connectivity index is 2.86. The lowest BCUT2D eigenvalue weighted by atomic mass is 10.2. The number of nitrogens with zero attached hydrogens (tertiary/aromatic N) is 1. The first-order valence-corrected chi connectivity index (χ1v) is 3.18. The van der Waals surface area contributed by atoms with E-state index < -0.39 is 0 Å². The van der Waals surface area contributed by atoms with Crippen molar-refractivity contribution in [1.82, 2.24) is 10.2 Å². The van der Waals surface area contributed by atoms with Gasteiger partial charge in [0, 0.05) is 5.39 Å². The molecule has 1 aromatic heterocycles. The highest BCUT2D eigenvalue weighted by Gasteiger charge is 1.92. The number of rotatable bonds is 0. The second-order valence-electron chi connectivity index (χ2n) is 2.36. The van der Waals surface area contributed by atoms with Crippen LogP contribution in [0.2, 0.25) is 0 Å². The predicted molar refractivity (Wildman–Crippen MR) is 39.7 cm³/mol. The van der Waals surface area contributed by atoms with Crippen LogP contribution in [0.1, 0.15) is 5.56 Å². The van der Waals surface area contributed by atoms with E-state index in [1.165, 1.54) is 0 Å². The van der Waals surface area contributed by atoms with Crippen LogP contribution in [0.3, 0.4) is 0 Å². The summed E-state index contributed by atoms with van der Waals surface area (Å²) in [5, 5.41) is 7.90. The maximum Gasteiger partial charge on any atom is 0.0653 e. The monoisotopic (exact) mass is 131 g/mol. The SMILES string of the molecule is Cc1[c]cc2cn[nH]c2c1. The summed E-state index contributed by atoms with van der Waals surface area (Å²) < 4.78 is 0. The Bertz CT molecular complexity index is 349. The summed E-state index contributed by atoms with van der Waals surface area (Å²) in [7, 11) is 0. The molecule has 0 spiro atoms. The lowest BCUT2D eigenvalue weighted by molar-refractivity contribution is 1.12. The first-order valence-electron chi connectivity index (χ1n) is 3.18. The number of hydrogen-bond acceptors (Lipinski definition) is 1. The molecule has 1 heterocycles. The lowest BCUT2D eigenvalue weighted by Gasteiger charge is -1.88. The van der Waals surface area contributed by atoms with Crippen molar-refractivity contribution in [2.75, 3.05) is 0 Å². The van der Waals surface area contributed by atoms with Gasteiger partial charge in [-0.2, -0.15) is 5.10 Å². The first kappa shape index (κ1) is 5.47. The Kier molecular flexibility index (Phi) is 1.01. The molecule has 0 unspecified atom stereocenters. The Morgan fingerprint density at radius 2 is 2.50 bits per heavy atom. The summed E-state index contributed by atoms with van der Waals surface area (Å²) in [5.74, 6) is 0. The van der Waals surface area contributed by atoms with Crippen molar-refractivity contribution < 1.29 is 0 Å². The van der Waals surface area contributed by atoms with Crippen LogP contribution in [0.25, 0.3) is 10.9 Å². The number of aromatic nitrogens is 2. The fraction of sp³-hybridized carbons (Fsp3) is 0.125. The van der Waals surface area contributed by atoms with E-state index in [0.717, 1.165) is 16.5 Å². The van der Waals surface area contributed by atoms with Crippen LogP contribution in [0.15, 0.2) is 18.3 Å². The molecular formula is C8H7N2. The van der Waals surface area contributed by atoms with Gasteiger partial charge in [0.1, 0.15) is 0 Å². The fourth-order valence-corrected chi connectivity index (χ4v) is 0.986. The first-order chi connectivity index (χ1) is 4.86. The number of fused-ring (bicyclic) bond motifs is 1. The molecular weight excluding hydrogens is 124 g/mol. The van der Waals surface area contributed by atoms with Crippen LogP contribution in [0, 0.1) is 13.0 Å². The number of benzene rings is 1. The van der Waals surface area contributed by atoms with Gasteiger partial charge in [0.25, 0.3) is 0 Å². The summed E-state index contributed by atoms with van der Waals surface area (Å²) in [4.78, 5) is 0. The second-order valence-corrected chi connectivity index (χ2v) is 2.36. The predicted octanol–water partition coefficient (Wildman–Crippen LogP) is 1.67. The minimum Gasteiger partial charge on any atom is -0.278 e. The van der Waals surface area contributed by atoms with Gasteiger partial charge in [0.2, 0.25) is 0 Å². The smallest absolute Gasteiger partial charge is 0.0653 e. The largest absolute Gasteiger partial charge is 0.278 e. The van der Waals surface area contributed by atoms with Crippen LogP contribution in [0.5, 0.6) is 0 Å². The van der Waals surface area contributed by atoms with Gasteiger partial charge in [-0.25, -0.2) is 0 Å². The fourth-order valence-electron chi connectivity index (χ4n) is 0.986. The number of hydrogen-bond donors (Lipinski definition) is 1. The number of aromatic amines is 1. The zero-order valence-electron chi connectivity index (χ0n) is 5.68. The Morgan fingerprint density at radius 1 is 1.60 bits per heavy atom. The van der Waals surface area contributed by atoms with Crippen LogP contribution in [0.4, 0.5) is 0 Å². The number of aryl methyl sites for hydroxylation is 1. The van der Waals surface area contributed by atoms with Crippen molar-refractivity contribution in [2.24, 2.45) is 0 Å².